The largest absolute Gasteiger partial charge is 0.479 e. The summed E-state index contributed by atoms with van der Waals surface area (Å²) in [6, 6.07) is 8.65. The van der Waals surface area contributed by atoms with Crippen LogP contribution in [0.15, 0.2) is 30.3 Å². The van der Waals surface area contributed by atoms with Gasteiger partial charge in [0, 0.05) is 12.1 Å². The Morgan fingerprint density at radius 1 is 1.33 bits per heavy atom. The summed E-state index contributed by atoms with van der Waals surface area (Å²) < 4.78 is 5.12. The van der Waals surface area contributed by atoms with Crippen LogP contribution in [0.4, 0.5) is 0 Å². The number of tetrazole rings is 1. The number of carbonyl (C=O) groups is 2. The molecule has 0 bridgehead atoms. The summed E-state index contributed by atoms with van der Waals surface area (Å²) in [4.78, 5) is 26.3. The summed E-state index contributed by atoms with van der Waals surface area (Å²) in [6.45, 7) is 2.20. The molecule has 1 amide bonds. The maximum atomic E-state index is 12.6. The van der Waals surface area contributed by atoms with Crippen molar-refractivity contribution in [2.75, 3.05) is 19.7 Å². The van der Waals surface area contributed by atoms with Crippen LogP contribution in [0.1, 0.15) is 13.0 Å². The SMILES string of the molecule is CC(C(=O)N1CCOC(C(=O)O)C1)n1nnc(-c2ccccc2)n1. The Kier molecular flexibility index (Phi) is 4.52. The summed E-state index contributed by atoms with van der Waals surface area (Å²) >= 11 is 0. The predicted octanol–water partition coefficient (Wildman–Crippen LogP) is 0.213. The number of carbonyl (C=O) groups excluding carboxylic acids is 1. The van der Waals surface area contributed by atoms with Crippen molar-refractivity contribution in [1.82, 2.24) is 25.1 Å². The number of aliphatic carboxylic acids is 1. The smallest absolute Gasteiger partial charge is 0.334 e. The first kappa shape index (κ1) is 16.1. The Morgan fingerprint density at radius 2 is 2.08 bits per heavy atom. The molecule has 0 saturated carbocycles. The molecule has 9 nitrogen and oxygen atoms in total. The Bertz CT molecular complexity index is 732. The highest BCUT2D eigenvalue weighted by atomic mass is 16.5. The van der Waals surface area contributed by atoms with E-state index in [-0.39, 0.29) is 19.1 Å². The molecule has 1 fully saturated rings. The predicted molar refractivity (Wildman–Crippen MR) is 81.9 cm³/mol. The molecule has 2 aromatic rings. The minimum absolute atomic E-state index is 0.0126. The Hall–Kier alpha value is -2.81. The molecule has 1 aliphatic heterocycles. The number of morpholine rings is 1. The van der Waals surface area contributed by atoms with E-state index >= 15 is 0 Å². The van der Waals surface area contributed by atoms with Gasteiger partial charge in [0.1, 0.15) is 6.04 Å². The van der Waals surface area contributed by atoms with Crippen molar-refractivity contribution in [3.63, 3.8) is 0 Å². The van der Waals surface area contributed by atoms with E-state index in [0.29, 0.717) is 12.4 Å². The molecule has 0 spiro atoms. The topological polar surface area (TPSA) is 110 Å². The first-order chi connectivity index (χ1) is 11.6. The van der Waals surface area contributed by atoms with Crippen LogP contribution >= 0.6 is 0 Å². The fourth-order valence-corrected chi connectivity index (χ4v) is 2.45. The maximum Gasteiger partial charge on any atom is 0.334 e. The molecule has 1 aromatic heterocycles. The average Bonchev–Trinajstić information content (AvgIpc) is 3.11. The van der Waals surface area contributed by atoms with E-state index in [1.54, 1.807) is 6.92 Å². The van der Waals surface area contributed by atoms with E-state index in [1.807, 2.05) is 30.3 Å². The average molecular weight is 331 g/mol. The van der Waals surface area contributed by atoms with Gasteiger partial charge in [-0.3, -0.25) is 4.79 Å². The number of carboxylic acid groups (broad SMARTS) is 1. The maximum absolute atomic E-state index is 12.6. The van der Waals surface area contributed by atoms with Crippen molar-refractivity contribution in [2.24, 2.45) is 0 Å². The van der Waals surface area contributed by atoms with E-state index in [9.17, 15) is 9.59 Å². The highest BCUT2D eigenvalue weighted by molar-refractivity contribution is 5.81. The minimum atomic E-state index is -1.08. The lowest BCUT2D eigenvalue weighted by molar-refractivity contribution is -0.160. The minimum Gasteiger partial charge on any atom is -0.479 e. The summed E-state index contributed by atoms with van der Waals surface area (Å²) in [5.41, 5.74) is 0.806. The lowest BCUT2D eigenvalue weighted by Gasteiger charge is -2.32. The first-order valence-electron chi connectivity index (χ1n) is 7.54. The third-order valence-corrected chi connectivity index (χ3v) is 3.82. The van der Waals surface area contributed by atoms with Crippen molar-refractivity contribution < 1.29 is 19.4 Å². The summed E-state index contributed by atoms with van der Waals surface area (Å²) in [5.74, 6) is -0.910. The van der Waals surface area contributed by atoms with Crippen LogP contribution in [0.5, 0.6) is 0 Å². The fourth-order valence-electron chi connectivity index (χ4n) is 2.45. The highest BCUT2D eigenvalue weighted by Gasteiger charge is 2.32. The molecule has 9 heteroatoms. The number of hydrogen-bond donors (Lipinski definition) is 1. The monoisotopic (exact) mass is 331 g/mol. The third kappa shape index (κ3) is 3.25. The van der Waals surface area contributed by atoms with Gasteiger partial charge in [-0.2, -0.15) is 4.80 Å². The summed E-state index contributed by atoms with van der Waals surface area (Å²) in [6.07, 6.45) is -1.00. The highest BCUT2D eigenvalue weighted by Crippen LogP contribution is 2.16. The van der Waals surface area contributed by atoms with Crippen LogP contribution in [0.3, 0.4) is 0 Å². The molecular formula is C15H17N5O4. The molecule has 1 aliphatic rings. The standard InChI is InChI=1S/C15H17N5O4/c1-10(14(21)19-7-8-24-12(9-19)15(22)23)20-17-13(16-18-20)11-5-3-2-4-6-11/h2-6,10,12H,7-9H2,1H3,(H,22,23). The molecule has 2 atom stereocenters. The lowest BCUT2D eigenvalue weighted by atomic mass is 10.2. The Balaban J connectivity index is 1.72. The lowest BCUT2D eigenvalue weighted by Crippen LogP contribution is -2.50. The normalized spacial score (nSPS) is 19.0. The van der Waals surface area contributed by atoms with Gasteiger partial charge in [0.2, 0.25) is 11.7 Å². The van der Waals surface area contributed by atoms with E-state index in [0.717, 1.165) is 5.56 Å². The summed E-state index contributed by atoms with van der Waals surface area (Å²) in [5, 5.41) is 21.2. The van der Waals surface area contributed by atoms with Gasteiger partial charge in [0.05, 0.1) is 13.2 Å². The van der Waals surface area contributed by atoms with Gasteiger partial charge in [-0.05, 0) is 12.1 Å². The molecular weight excluding hydrogens is 314 g/mol. The number of nitrogens with zero attached hydrogens (tertiary/aromatic N) is 5. The van der Waals surface area contributed by atoms with Crippen molar-refractivity contribution >= 4 is 11.9 Å². The number of benzene rings is 1. The van der Waals surface area contributed by atoms with Crippen molar-refractivity contribution in [1.29, 1.82) is 0 Å². The molecule has 2 heterocycles. The quantitative estimate of drug-likeness (QED) is 0.852. The molecule has 24 heavy (non-hydrogen) atoms. The van der Waals surface area contributed by atoms with Gasteiger partial charge >= 0.3 is 5.97 Å². The van der Waals surface area contributed by atoms with Crippen molar-refractivity contribution in [3.8, 4) is 11.4 Å². The zero-order chi connectivity index (χ0) is 17.1. The Labute approximate surface area is 137 Å². The van der Waals surface area contributed by atoms with Crippen LogP contribution in [0, 0.1) is 0 Å². The molecule has 0 aliphatic carbocycles. The molecule has 0 radical (unpaired) electrons. The van der Waals surface area contributed by atoms with Crippen LogP contribution in [0.25, 0.3) is 11.4 Å². The van der Waals surface area contributed by atoms with Gasteiger partial charge in [0.15, 0.2) is 6.10 Å². The Morgan fingerprint density at radius 3 is 2.79 bits per heavy atom. The first-order valence-corrected chi connectivity index (χ1v) is 7.54. The van der Waals surface area contributed by atoms with E-state index in [1.165, 1.54) is 9.70 Å². The zero-order valence-electron chi connectivity index (χ0n) is 13.1. The van der Waals surface area contributed by atoms with Crippen LogP contribution in [-0.4, -0.2) is 67.9 Å². The fraction of sp³-hybridized carbons (Fsp3) is 0.400. The molecule has 1 saturated heterocycles. The summed E-state index contributed by atoms with van der Waals surface area (Å²) in [7, 11) is 0. The second-order valence-electron chi connectivity index (χ2n) is 5.46. The van der Waals surface area contributed by atoms with Crippen LogP contribution < -0.4 is 0 Å². The molecule has 126 valence electrons. The van der Waals surface area contributed by atoms with E-state index in [4.69, 9.17) is 9.84 Å². The number of rotatable bonds is 4. The second-order valence-corrected chi connectivity index (χ2v) is 5.46. The molecule has 3 rings (SSSR count). The van der Waals surface area contributed by atoms with Crippen molar-refractivity contribution in [3.05, 3.63) is 30.3 Å². The van der Waals surface area contributed by atoms with E-state index in [2.05, 4.69) is 15.4 Å². The van der Waals surface area contributed by atoms with E-state index < -0.39 is 18.1 Å². The number of ether oxygens (including phenoxy) is 1. The third-order valence-electron chi connectivity index (χ3n) is 3.82. The second kappa shape index (κ2) is 6.75. The number of aromatic nitrogens is 4. The van der Waals surface area contributed by atoms with Gasteiger partial charge in [-0.15, -0.1) is 10.2 Å². The molecule has 1 aromatic carbocycles. The number of hydrogen-bond acceptors (Lipinski definition) is 6. The van der Waals surface area contributed by atoms with Crippen LogP contribution in [-0.2, 0) is 14.3 Å². The van der Waals surface area contributed by atoms with Gasteiger partial charge < -0.3 is 14.7 Å². The number of carboxylic acids is 1. The molecule has 2 unspecified atom stereocenters. The van der Waals surface area contributed by atoms with Gasteiger partial charge in [0.25, 0.3) is 0 Å². The van der Waals surface area contributed by atoms with Gasteiger partial charge in [-0.1, -0.05) is 30.3 Å². The van der Waals surface area contributed by atoms with Crippen molar-refractivity contribution in [2.45, 2.75) is 19.1 Å². The number of amides is 1. The zero-order valence-corrected chi connectivity index (χ0v) is 13.1. The molecule has 1 N–H and O–H groups in total. The van der Waals surface area contributed by atoms with Crippen LogP contribution in [0.2, 0.25) is 0 Å². The van der Waals surface area contributed by atoms with Gasteiger partial charge in [-0.25, -0.2) is 4.79 Å².